The van der Waals surface area contributed by atoms with Gasteiger partial charge in [-0.3, -0.25) is 14.4 Å². The molecule has 0 aliphatic rings. The molecule has 4 aromatic rings. The highest BCUT2D eigenvalue weighted by molar-refractivity contribution is 8.00. The zero-order valence-electron chi connectivity index (χ0n) is 18.5. The molecular weight excluding hydrogens is 488 g/mol. The summed E-state index contributed by atoms with van der Waals surface area (Å²) < 4.78 is 27.9. The second-order valence-electron chi connectivity index (χ2n) is 7.44. The summed E-state index contributed by atoms with van der Waals surface area (Å²) in [5, 5.41) is 11.3. The zero-order valence-corrected chi connectivity index (χ0v) is 21.0. The number of thioether (sulfide) groups is 1. The van der Waals surface area contributed by atoms with E-state index in [0.29, 0.717) is 16.4 Å². The summed E-state index contributed by atoms with van der Waals surface area (Å²) >= 11 is 2.84. The van der Waals surface area contributed by atoms with Gasteiger partial charge in [-0.15, -0.1) is 10.2 Å². The van der Waals surface area contributed by atoms with Gasteiger partial charge in [-0.1, -0.05) is 77.2 Å². The van der Waals surface area contributed by atoms with Gasteiger partial charge in [0.2, 0.25) is 5.13 Å². The molecule has 1 aromatic heterocycles. The van der Waals surface area contributed by atoms with Crippen LogP contribution in [0.4, 0.5) is 10.8 Å². The summed E-state index contributed by atoms with van der Waals surface area (Å²) in [4.78, 5) is 13.0. The van der Waals surface area contributed by atoms with Crippen LogP contribution in [0, 0.1) is 6.92 Å². The van der Waals surface area contributed by atoms with E-state index in [4.69, 9.17) is 0 Å². The van der Waals surface area contributed by atoms with Crippen molar-refractivity contribution < 1.29 is 13.2 Å². The van der Waals surface area contributed by atoms with Crippen molar-refractivity contribution in [3.05, 3.63) is 95.6 Å². The minimum absolute atomic E-state index is 0.185. The van der Waals surface area contributed by atoms with Crippen LogP contribution < -0.4 is 9.62 Å². The number of carbonyl (C=O) groups excluding carboxylic acids is 1. The Bertz CT molecular complexity index is 1390. The number of aryl methyl sites for hydroxylation is 1. The lowest BCUT2D eigenvalue weighted by atomic mass is 10.2. The van der Waals surface area contributed by atoms with Crippen molar-refractivity contribution in [2.75, 3.05) is 16.7 Å². The number of anilines is 2. The van der Waals surface area contributed by atoms with Gasteiger partial charge in [0, 0.05) is 18.4 Å². The SMILES string of the molecule is Cc1ccc(S(=O)(=O)N(C)c2cccc(C(=O)Nc3nnc(SCc4ccccc4)s3)c2)cc1. The van der Waals surface area contributed by atoms with Crippen molar-refractivity contribution in [1.82, 2.24) is 10.2 Å². The maximum atomic E-state index is 13.0. The highest BCUT2D eigenvalue weighted by Crippen LogP contribution is 2.29. The lowest BCUT2D eigenvalue weighted by molar-refractivity contribution is 0.102. The molecule has 1 N–H and O–H groups in total. The standard InChI is InChI=1S/C24H22N4O3S3/c1-17-11-13-21(14-12-17)34(30,31)28(2)20-10-6-9-19(15-20)22(29)25-23-26-27-24(33-23)32-16-18-7-4-3-5-8-18/h3-15H,16H2,1-2H3,(H,25,26,29). The second kappa shape index (κ2) is 10.4. The molecule has 0 unspecified atom stereocenters. The van der Waals surface area contributed by atoms with E-state index in [1.807, 2.05) is 37.3 Å². The quantitative estimate of drug-likeness (QED) is 0.258. The van der Waals surface area contributed by atoms with Crippen molar-refractivity contribution in [2.45, 2.75) is 21.9 Å². The number of carbonyl (C=O) groups is 1. The van der Waals surface area contributed by atoms with Gasteiger partial charge in [-0.05, 0) is 42.8 Å². The van der Waals surface area contributed by atoms with Crippen LogP contribution in [0.5, 0.6) is 0 Å². The number of rotatable bonds is 8. The molecule has 0 atom stereocenters. The van der Waals surface area contributed by atoms with Crippen LogP contribution in [0.3, 0.4) is 0 Å². The van der Waals surface area contributed by atoms with Crippen molar-refractivity contribution in [3.8, 4) is 0 Å². The number of amides is 1. The van der Waals surface area contributed by atoms with Gasteiger partial charge in [0.15, 0.2) is 4.34 Å². The van der Waals surface area contributed by atoms with Crippen LogP contribution in [0.2, 0.25) is 0 Å². The highest BCUT2D eigenvalue weighted by Gasteiger charge is 2.22. The number of aromatic nitrogens is 2. The molecule has 4 rings (SSSR count). The molecule has 0 fully saturated rings. The minimum Gasteiger partial charge on any atom is -0.296 e. The highest BCUT2D eigenvalue weighted by atomic mass is 32.2. The summed E-state index contributed by atoms with van der Waals surface area (Å²) in [7, 11) is -2.29. The number of sulfonamides is 1. The third-order valence-electron chi connectivity index (χ3n) is 4.98. The molecule has 0 saturated heterocycles. The van der Waals surface area contributed by atoms with Crippen LogP contribution in [0.1, 0.15) is 21.5 Å². The monoisotopic (exact) mass is 510 g/mol. The van der Waals surface area contributed by atoms with Crippen LogP contribution in [0.15, 0.2) is 88.1 Å². The summed E-state index contributed by atoms with van der Waals surface area (Å²) in [6.45, 7) is 1.89. The molecule has 3 aromatic carbocycles. The van der Waals surface area contributed by atoms with Crippen LogP contribution in [0.25, 0.3) is 0 Å². The molecular formula is C24H22N4O3S3. The first-order chi connectivity index (χ1) is 16.3. The van der Waals surface area contributed by atoms with Gasteiger partial charge in [-0.25, -0.2) is 8.42 Å². The average Bonchev–Trinajstić information content (AvgIpc) is 3.30. The Hall–Kier alpha value is -3.21. The topological polar surface area (TPSA) is 92.3 Å². The van der Waals surface area contributed by atoms with E-state index in [-0.39, 0.29) is 4.90 Å². The molecule has 1 heterocycles. The maximum Gasteiger partial charge on any atom is 0.264 e. The van der Waals surface area contributed by atoms with Gasteiger partial charge in [0.25, 0.3) is 15.9 Å². The van der Waals surface area contributed by atoms with Crippen molar-refractivity contribution in [1.29, 1.82) is 0 Å². The summed E-state index contributed by atoms with van der Waals surface area (Å²) in [5.74, 6) is 0.367. The first-order valence-corrected chi connectivity index (χ1v) is 13.5. The summed E-state index contributed by atoms with van der Waals surface area (Å²) in [6, 6.07) is 23.1. The summed E-state index contributed by atoms with van der Waals surface area (Å²) in [5.41, 5.74) is 2.84. The second-order valence-corrected chi connectivity index (χ2v) is 11.6. The zero-order chi connectivity index (χ0) is 24.1. The Morgan fingerprint density at radius 3 is 2.47 bits per heavy atom. The molecule has 0 aliphatic carbocycles. The average molecular weight is 511 g/mol. The first-order valence-electron chi connectivity index (χ1n) is 10.3. The number of benzene rings is 3. The van der Waals surface area contributed by atoms with E-state index in [0.717, 1.165) is 20.0 Å². The number of hydrogen-bond donors (Lipinski definition) is 1. The molecule has 0 radical (unpaired) electrons. The largest absolute Gasteiger partial charge is 0.296 e. The molecule has 0 aliphatic heterocycles. The van der Waals surface area contributed by atoms with E-state index in [1.54, 1.807) is 54.2 Å². The molecule has 0 saturated carbocycles. The van der Waals surface area contributed by atoms with Crippen LogP contribution in [-0.2, 0) is 15.8 Å². The molecule has 1 amide bonds. The fraction of sp³-hybridized carbons (Fsp3) is 0.125. The fourth-order valence-electron chi connectivity index (χ4n) is 3.06. The number of nitrogens with one attached hydrogen (secondary N) is 1. The third kappa shape index (κ3) is 5.64. The predicted octanol–water partition coefficient (Wildman–Crippen LogP) is 5.22. The smallest absolute Gasteiger partial charge is 0.264 e. The third-order valence-corrected chi connectivity index (χ3v) is 8.83. The van der Waals surface area contributed by atoms with Crippen molar-refractivity contribution in [2.24, 2.45) is 0 Å². The lowest BCUT2D eigenvalue weighted by Gasteiger charge is -2.20. The van der Waals surface area contributed by atoms with Crippen molar-refractivity contribution >= 4 is 49.8 Å². The lowest BCUT2D eigenvalue weighted by Crippen LogP contribution is -2.26. The molecule has 0 bridgehead atoms. The van der Waals surface area contributed by atoms with E-state index in [2.05, 4.69) is 15.5 Å². The van der Waals surface area contributed by atoms with E-state index in [1.165, 1.54) is 30.0 Å². The normalized spacial score (nSPS) is 11.2. The maximum absolute atomic E-state index is 13.0. The van der Waals surface area contributed by atoms with E-state index >= 15 is 0 Å². The van der Waals surface area contributed by atoms with Gasteiger partial charge in [0.05, 0.1) is 10.6 Å². The van der Waals surface area contributed by atoms with Crippen molar-refractivity contribution in [3.63, 3.8) is 0 Å². The molecule has 34 heavy (non-hydrogen) atoms. The predicted molar refractivity (Wildman–Crippen MR) is 137 cm³/mol. The van der Waals surface area contributed by atoms with Gasteiger partial charge in [-0.2, -0.15) is 0 Å². The van der Waals surface area contributed by atoms with Crippen LogP contribution >= 0.6 is 23.1 Å². The fourth-order valence-corrected chi connectivity index (χ4v) is 5.95. The number of hydrogen-bond acceptors (Lipinski definition) is 7. The molecule has 0 spiro atoms. The molecule has 7 nitrogen and oxygen atoms in total. The van der Waals surface area contributed by atoms with Gasteiger partial charge in [0.1, 0.15) is 0 Å². The minimum atomic E-state index is -3.76. The van der Waals surface area contributed by atoms with Gasteiger partial charge >= 0.3 is 0 Å². The molecule has 10 heteroatoms. The Balaban J connectivity index is 1.44. The number of nitrogens with zero attached hydrogens (tertiary/aromatic N) is 3. The Morgan fingerprint density at radius 1 is 1.00 bits per heavy atom. The first kappa shape index (κ1) is 23.9. The Labute approximate surface area is 206 Å². The Kier molecular flexibility index (Phi) is 7.30. The van der Waals surface area contributed by atoms with E-state index < -0.39 is 15.9 Å². The Morgan fingerprint density at radius 2 is 1.74 bits per heavy atom. The van der Waals surface area contributed by atoms with Crippen LogP contribution in [-0.4, -0.2) is 31.6 Å². The van der Waals surface area contributed by atoms with Gasteiger partial charge < -0.3 is 0 Å². The summed E-state index contributed by atoms with van der Waals surface area (Å²) in [6.07, 6.45) is 0. The molecule has 174 valence electrons. The van der Waals surface area contributed by atoms with E-state index in [9.17, 15) is 13.2 Å².